The van der Waals surface area contributed by atoms with Crippen molar-refractivity contribution in [1.29, 1.82) is 0 Å². The smallest absolute Gasteiger partial charge is 0.253 e. The van der Waals surface area contributed by atoms with Crippen LogP contribution in [0, 0.1) is 5.92 Å². The molecule has 1 saturated heterocycles. The van der Waals surface area contributed by atoms with Gasteiger partial charge in [0.1, 0.15) is 12.1 Å². The molecule has 1 aromatic heterocycles. The maximum Gasteiger partial charge on any atom is 0.253 e. The van der Waals surface area contributed by atoms with E-state index in [4.69, 9.17) is 0 Å². The number of benzene rings is 1. The van der Waals surface area contributed by atoms with Gasteiger partial charge in [-0.3, -0.25) is 9.59 Å². The number of hydrogen-bond acceptors (Lipinski definition) is 5. The quantitative estimate of drug-likeness (QED) is 0.886. The van der Waals surface area contributed by atoms with E-state index in [1.54, 1.807) is 31.1 Å². The highest BCUT2D eigenvalue weighted by Crippen LogP contribution is 2.23. The Bertz CT molecular complexity index is 777. The summed E-state index contributed by atoms with van der Waals surface area (Å²) in [5, 5.41) is 6.56. The molecule has 1 unspecified atom stereocenters. The van der Waals surface area contributed by atoms with Crippen molar-refractivity contribution in [2.45, 2.75) is 12.8 Å². The second kappa shape index (κ2) is 6.82. The Hall–Kier alpha value is -2.70. The fourth-order valence-corrected chi connectivity index (χ4v) is 3.15. The summed E-state index contributed by atoms with van der Waals surface area (Å²) in [6, 6.07) is 5.43. The fourth-order valence-electron chi connectivity index (χ4n) is 3.15. The molecular formula is C17H21N5O2. The molecule has 1 aliphatic heterocycles. The van der Waals surface area contributed by atoms with Gasteiger partial charge in [0, 0.05) is 38.1 Å². The minimum absolute atomic E-state index is 0.00239. The molecule has 126 valence electrons. The topological polar surface area (TPSA) is 87.2 Å². The second-order valence-corrected chi connectivity index (χ2v) is 5.91. The van der Waals surface area contributed by atoms with Gasteiger partial charge in [0.15, 0.2) is 0 Å². The number of carbonyl (C=O) groups is 2. The lowest BCUT2D eigenvalue weighted by Gasteiger charge is -2.31. The highest BCUT2D eigenvalue weighted by Gasteiger charge is 2.28. The van der Waals surface area contributed by atoms with Gasteiger partial charge < -0.3 is 15.5 Å². The lowest BCUT2D eigenvalue weighted by molar-refractivity contribution is -0.125. The van der Waals surface area contributed by atoms with Crippen molar-refractivity contribution in [1.82, 2.24) is 20.2 Å². The van der Waals surface area contributed by atoms with Crippen LogP contribution in [0.4, 0.5) is 5.82 Å². The van der Waals surface area contributed by atoms with Crippen molar-refractivity contribution in [3.05, 3.63) is 30.1 Å². The third-order valence-electron chi connectivity index (χ3n) is 4.45. The summed E-state index contributed by atoms with van der Waals surface area (Å²) >= 11 is 0. The summed E-state index contributed by atoms with van der Waals surface area (Å²) in [6.07, 6.45) is 3.13. The third-order valence-corrected chi connectivity index (χ3v) is 4.45. The zero-order valence-electron chi connectivity index (χ0n) is 13.9. The normalized spacial score (nSPS) is 17.6. The second-order valence-electron chi connectivity index (χ2n) is 5.91. The Balaban J connectivity index is 1.84. The predicted octanol–water partition coefficient (Wildman–Crippen LogP) is 1.27. The van der Waals surface area contributed by atoms with Crippen LogP contribution in [0.2, 0.25) is 0 Å². The molecular weight excluding hydrogens is 306 g/mol. The molecule has 2 aromatic rings. The van der Waals surface area contributed by atoms with Crippen LogP contribution in [0.5, 0.6) is 0 Å². The van der Waals surface area contributed by atoms with Crippen molar-refractivity contribution in [3.8, 4) is 0 Å². The van der Waals surface area contributed by atoms with E-state index in [1.165, 1.54) is 6.33 Å². The molecule has 0 bridgehead atoms. The number of likely N-dealkylation sites (tertiary alicyclic amines) is 1. The summed E-state index contributed by atoms with van der Waals surface area (Å²) in [7, 11) is 3.43. The van der Waals surface area contributed by atoms with Crippen LogP contribution in [0.15, 0.2) is 24.5 Å². The van der Waals surface area contributed by atoms with Gasteiger partial charge in [0.05, 0.1) is 11.4 Å². The third kappa shape index (κ3) is 3.02. The summed E-state index contributed by atoms with van der Waals surface area (Å²) in [5.74, 6) is 0.538. The highest BCUT2D eigenvalue weighted by molar-refractivity contribution is 6.00. The maximum absolute atomic E-state index is 12.8. The molecule has 0 saturated carbocycles. The number of hydrogen-bond donors (Lipinski definition) is 2. The number of rotatable bonds is 3. The van der Waals surface area contributed by atoms with Crippen molar-refractivity contribution >= 4 is 28.5 Å². The Morgan fingerprint density at radius 3 is 2.83 bits per heavy atom. The van der Waals surface area contributed by atoms with Crippen LogP contribution in [0.3, 0.4) is 0 Å². The van der Waals surface area contributed by atoms with Crippen LogP contribution < -0.4 is 10.6 Å². The van der Waals surface area contributed by atoms with Gasteiger partial charge in [-0.05, 0) is 31.0 Å². The number of fused-ring (bicyclic) bond motifs is 1. The van der Waals surface area contributed by atoms with Crippen LogP contribution >= 0.6 is 0 Å². The first-order valence-electron chi connectivity index (χ1n) is 8.07. The molecule has 7 heteroatoms. The molecule has 24 heavy (non-hydrogen) atoms. The summed E-state index contributed by atoms with van der Waals surface area (Å²) in [4.78, 5) is 34.8. The zero-order valence-corrected chi connectivity index (χ0v) is 13.9. The Morgan fingerprint density at radius 1 is 1.25 bits per heavy atom. The first-order chi connectivity index (χ1) is 11.6. The lowest BCUT2D eigenvalue weighted by atomic mass is 9.96. The van der Waals surface area contributed by atoms with E-state index in [1.807, 2.05) is 6.07 Å². The van der Waals surface area contributed by atoms with Crippen molar-refractivity contribution in [3.63, 3.8) is 0 Å². The Labute approximate surface area is 140 Å². The van der Waals surface area contributed by atoms with Gasteiger partial charge in [-0.2, -0.15) is 0 Å². The first kappa shape index (κ1) is 16.2. The molecule has 1 atom stereocenters. The number of carbonyl (C=O) groups excluding carboxylic acids is 2. The lowest BCUT2D eigenvalue weighted by Crippen LogP contribution is -2.44. The van der Waals surface area contributed by atoms with E-state index >= 15 is 0 Å². The molecule has 2 amide bonds. The monoisotopic (exact) mass is 327 g/mol. The van der Waals surface area contributed by atoms with Gasteiger partial charge in [-0.1, -0.05) is 0 Å². The Kier molecular flexibility index (Phi) is 4.59. The predicted molar refractivity (Wildman–Crippen MR) is 91.8 cm³/mol. The standard InChI is InChI=1S/C17H21N5O2/c1-18-15-13-6-5-11(8-14(13)20-10-21-15)17(24)22-7-3-4-12(9-22)16(23)19-2/h5-6,8,10,12H,3-4,7,9H2,1-2H3,(H,19,23)(H,18,20,21). The van der Waals surface area contributed by atoms with Gasteiger partial charge in [0.25, 0.3) is 5.91 Å². The highest BCUT2D eigenvalue weighted by atomic mass is 16.2. The molecule has 0 spiro atoms. The van der Waals surface area contributed by atoms with Crippen LogP contribution in [-0.4, -0.2) is 53.9 Å². The summed E-state index contributed by atoms with van der Waals surface area (Å²) in [5.41, 5.74) is 1.31. The number of nitrogens with one attached hydrogen (secondary N) is 2. The molecule has 1 aromatic carbocycles. The van der Waals surface area contributed by atoms with E-state index in [0.29, 0.717) is 18.7 Å². The number of aromatic nitrogens is 2. The maximum atomic E-state index is 12.8. The fraction of sp³-hybridized carbons (Fsp3) is 0.412. The van der Waals surface area contributed by atoms with E-state index in [0.717, 1.165) is 29.6 Å². The minimum Gasteiger partial charge on any atom is -0.373 e. The van der Waals surface area contributed by atoms with Crippen molar-refractivity contribution in [2.24, 2.45) is 5.92 Å². The number of anilines is 1. The van der Waals surface area contributed by atoms with E-state index in [-0.39, 0.29) is 17.7 Å². The number of amides is 2. The van der Waals surface area contributed by atoms with Gasteiger partial charge in [0.2, 0.25) is 5.91 Å². The average molecular weight is 327 g/mol. The molecule has 0 aliphatic carbocycles. The van der Waals surface area contributed by atoms with Crippen LogP contribution in [0.1, 0.15) is 23.2 Å². The van der Waals surface area contributed by atoms with E-state index in [2.05, 4.69) is 20.6 Å². The molecule has 1 aliphatic rings. The SMILES string of the molecule is CNC(=O)C1CCCN(C(=O)c2ccc3c(NC)ncnc3c2)C1. The minimum atomic E-state index is -0.133. The molecule has 2 heterocycles. The Morgan fingerprint density at radius 2 is 2.08 bits per heavy atom. The number of piperidine rings is 1. The van der Waals surface area contributed by atoms with E-state index in [9.17, 15) is 9.59 Å². The van der Waals surface area contributed by atoms with Crippen LogP contribution in [0.25, 0.3) is 10.9 Å². The van der Waals surface area contributed by atoms with Gasteiger partial charge >= 0.3 is 0 Å². The van der Waals surface area contributed by atoms with Crippen molar-refractivity contribution < 1.29 is 9.59 Å². The van der Waals surface area contributed by atoms with E-state index < -0.39 is 0 Å². The molecule has 1 fully saturated rings. The molecule has 3 rings (SSSR count). The largest absolute Gasteiger partial charge is 0.373 e. The first-order valence-corrected chi connectivity index (χ1v) is 8.07. The zero-order chi connectivity index (χ0) is 17.1. The average Bonchev–Trinajstić information content (AvgIpc) is 2.65. The summed E-state index contributed by atoms with van der Waals surface area (Å²) in [6.45, 7) is 1.14. The molecule has 0 radical (unpaired) electrons. The van der Waals surface area contributed by atoms with Crippen LogP contribution in [-0.2, 0) is 4.79 Å². The van der Waals surface area contributed by atoms with Crippen molar-refractivity contribution in [2.75, 3.05) is 32.5 Å². The number of nitrogens with zero attached hydrogens (tertiary/aromatic N) is 3. The molecule has 7 nitrogen and oxygen atoms in total. The van der Waals surface area contributed by atoms with Gasteiger partial charge in [-0.25, -0.2) is 9.97 Å². The molecule has 2 N–H and O–H groups in total. The summed E-state index contributed by atoms with van der Waals surface area (Å²) < 4.78 is 0. The van der Waals surface area contributed by atoms with Gasteiger partial charge in [-0.15, -0.1) is 0 Å².